The second kappa shape index (κ2) is 12.1. The highest BCUT2D eigenvalue weighted by Crippen LogP contribution is 2.39. The Morgan fingerprint density at radius 3 is 2.11 bits per heavy atom. The predicted molar refractivity (Wildman–Crippen MR) is 144 cm³/mol. The second-order valence-electron chi connectivity index (χ2n) is 7.93. The zero-order valence-electron chi connectivity index (χ0n) is 20.3. The Morgan fingerprint density at radius 1 is 0.806 bits per heavy atom. The van der Waals surface area contributed by atoms with E-state index in [9.17, 15) is 9.59 Å². The molecule has 1 N–H and O–H groups in total. The topological polar surface area (TPSA) is 77.5 Å². The van der Waals surface area contributed by atoms with Crippen molar-refractivity contribution in [2.24, 2.45) is 0 Å². The molecule has 6 nitrogen and oxygen atoms in total. The van der Waals surface area contributed by atoms with E-state index < -0.39 is 0 Å². The molecule has 36 heavy (non-hydrogen) atoms. The van der Waals surface area contributed by atoms with Crippen LogP contribution in [-0.4, -0.2) is 29.9 Å². The van der Waals surface area contributed by atoms with Crippen LogP contribution < -0.4 is 14.8 Å². The highest BCUT2D eigenvalue weighted by molar-refractivity contribution is 7.19. The lowest BCUT2D eigenvalue weighted by Gasteiger charge is -2.12. The Kier molecular flexibility index (Phi) is 8.47. The maximum atomic E-state index is 12.8. The molecular formula is C29H28N2O4S. The van der Waals surface area contributed by atoms with Gasteiger partial charge in [-0.3, -0.25) is 9.59 Å². The molecule has 0 aliphatic heterocycles. The van der Waals surface area contributed by atoms with Crippen LogP contribution in [0.15, 0.2) is 78.9 Å². The van der Waals surface area contributed by atoms with Crippen LogP contribution in [0.1, 0.15) is 37.0 Å². The van der Waals surface area contributed by atoms with Crippen molar-refractivity contribution in [3.05, 3.63) is 84.4 Å². The van der Waals surface area contributed by atoms with E-state index in [2.05, 4.69) is 5.32 Å². The molecule has 4 rings (SSSR count). The first-order chi connectivity index (χ1) is 17.6. The number of anilines is 1. The Hall–Kier alpha value is -3.97. The number of nitrogens with one attached hydrogen (secondary N) is 1. The summed E-state index contributed by atoms with van der Waals surface area (Å²) in [7, 11) is 0. The number of hydrogen-bond acceptors (Lipinski definition) is 6. The third-order valence-electron chi connectivity index (χ3n) is 5.40. The molecule has 0 saturated heterocycles. The van der Waals surface area contributed by atoms with Gasteiger partial charge in [0.1, 0.15) is 0 Å². The molecule has 0 unspecified atom stereocenters. The van der Waals surface area contributed by atoms with Gasteiger partial charge in [-0.05, 0) is 37.6 Å². The lowest BCUT2D eigenvalue weighted by molar-refractivity contribution is -0.116. The summed E-state index contributed by atoms with van der Waals surface area (Å²) < 4.78 is 11.2. The molecule has 0 aliphatic carbocycles. The van der Waals surface area contributed by atoms with Crippen LogP contribution >= 0.6 is 11.3 Å². The van der Waals surface area contributed by atoms with Crippen molar-refractivity contribution in [1.82, 2.24) is 4.98 Å². The second-order valence-corrected chi connectivity index (χ2v) is 8.93. The Labute approximate surface area is 214 Å². The first-order valence-corrected chi connectivity index (χ1v) is 12.7. The molecule has 0 bridgehead atoms. The fourth-order valence-corrected chi connectivity index (χ4v) is 4.74. The summed E-state index contributed by atoms with van der Waals surface area (Å²) in [4.78, 5) is 31.2. The summed E-state index contributed by atoms with van der Waals surface area (Å²) in [6.07, 6.45) is 0.130. The molecule has 3 aromatic carbocycles. The normalized spacial score (nSPS) is 10.6. The van der Waals surface area contributed by atoms with E-state index in [-0.39, 0.29) is 24.5 Å². The monoisotopic (exact) mass is 500 g/mol. The minimum atomic E-state index is -0.257. The van der Waals surface area contributed by atoms with E-state index in [0.717, 1.165) is 21.7 Å². The van der Waals surface area contributed by atoms with Gasteiger partial charge >= 0.3 is 0 Å². The molecule has 0 aliphatic rings. The number of carbonyl (C=O) groups is 2. The van der Waals surface area contributed by atoms with Crippen LogP contribution in [-0.2, 0) is 4.79 Å². The lowest BCUT2D eigenvalue weighted by atomic mass is 10.1. The minimum absolute atomic E-state index is 0.0525. The van der Waals surface area contributed by atoms with Crippen molar-refractivity contribution < 1.29 is 19.1 Å². The molecule has 1 amide bonds. The maximum Gasteiger partial charge on any atom is 0.226 e. The van der Waals surface area contributed by atoms with Crippen molar-refractivity contribution in [2.45, 2.75) is 26.7 Å². The van der Waals surface area contributed by atoms with Crippen LogP contribution in [0.3, 0.4) is 0 Å². The molecule has 0 atom stereocenters. The van der Waals surface area contributed by atoms with Crippen LogP contribution in [0.5, 0.6) is 11.5 Å². The van der Waals surface area contributed by atoms with Gasteiger partial charge in [-0.1, -0.05) is 72.0 Å². The van der Waals surface area contributed by atoms with E-state index in [1.165, 1.54) is 11.3 Å². The molecule has 0 saturated carbocycles. The van der Waals surface area contributed by atoms with E-state index in [1.54, 1.807) is 18.2 Å². The van der Waals surface area contributed by atoms with Gasteiger partial charge in [0.15, 0.2) is 22.4 Å². The third kappa shape index (κ3) is 6.17. The SMILES string of the molecule is CCOc1ccc(C(=O)CCC(=O)Nc2nc(-c3ccccc3)c(-c3ccccc3)s2)cc1OCC. The molecule has 184 valence electrons. The quantitative estimate of drug-likeness (QED) is 0.227. The van der Waals surface area contributed by atoms with Crippen molar-refractivity contribution in [3.8, 4) is 33.2 Å². The van der Waals surface area contributed by atoms with Gasteiger partial charge in [-0.2, -0.15) is 0 Å². The molecule has 0 radical (unpaired) electrons. The molecule has 1 aromatic heterocycles. The summed E-state index contributed by atoms with van der Waals surface area (Å²) in [5, 5.41) is 3.38. The Bertz CT molecular complexity index is 1260. The lowest BCUT2D eigenvalue weighted by Crippen LogP contribution is -2.13. The zero-order valence-corrected chi connectivity index (χ0v) is 21.1. The highest BCUT2D eigenvalue weighted by atomic mass is 32.1. The number of nitrogens with zero attached hydrogens (tertiary/aromatic N) is 1. The predicted octanol–water partition coefficient (Wildman–Crippen LogP) is 6.88. The molecule has 4 aromatic rings. The molecule has 0 fully saturated rings. The first kappa shape index (κ1) is 25.1. The minimum Gasteiger partial charge on any atom is -0.490 e. The van der Waals surface area contributed by atoms with Gasteiger partial charge in [0.05, 0.1) is 23.8 Å². The number of ketones is 1. The van der Waals surface area contributed by atoms with Crippen LogP contribution in [0.25, 0.3) is 21.7 Å². The van der Waals surface area contributed by atoms with Gasteiger partial charge in [-0.15, -0.1) is 0 Å². The summed E-state index contributed by atoms with van der Waals surface area (Å²) in [5.74, 6) is 0.732. The maximum absolute atomic E-state index is 12.8. The zero-order chi connectivity index (χ0) is 25.3. The van der Waals surface area contributed by atoms with Crippen molar-refractivity contribution in [1.29, 1.82) is 0 Å². The van der Waals surface area contributed by atoms with E-state index >= 15 is 0 Å². The number of hydrogen-bond donors (Lipinski definition) is 1. The summed E-state index contributed by atoms with van der Waals surface area (Å²) >= 11 is 1.42. The van der Waals surface area contributed by atoms with Gasteiger partial charge in [0.25, 0.3) is 0 Å². The van der Waals surface area contributed by atoms with E-state index in [1.807, 2.05) is 74.5 Å². The highest BCUT2D eigenvalue weighted by Gasteiger charge is 2.18. The number of ether oxygens (including phenoxy) is 2. The van der Waals surface area contributed by atoms with Crippen LogP contribution in [0.4, 0.5) is 5.13 Å². The third-order valence-corrected chi connectivity index (χ3v) is 6.42. The number of rotatable bonds is 11. The molecule has 1 heterocycles. The summed E-state index contributed by atoms with van der Waals surface area (Å²) in [6, 6.07) is 25.0. The smallest absolute Gasteiger partial charge is 0.226 e. The van der Waals surface area contributed by atoms with Gasteiger partial charge in [0, 0.05) is 24.0 Å². The number of amides is 1. The average Bonchev–Trinajstić information content (AvgIpc) is 3.33. The van der Waals surface area contributed by atoms with E-state index in [0.29, 0.717) is 35.4 Å². The number of aromatic nitrogens is 1. The van der Waals surface area contributed by atoms with Crippen LogP contribution in [0, 0.1) is 0 Å². The standard InChI is InChI=1S/C29H28N2O4S/c1-3-34-24-17-15-22(19-25(24)35-4-2)23(32)16-18-26(33)30-29-31-27(20-11-7-5-8-12-20)28(36-29)21-13-9-6-10-14-21/h5-15,17,19H,3-4,16,18H2,1-2H3,(H,30,31,33). The number of Topliss-reactive ketones (excluding diaryl/α,β-unsaturated/α-hetero) is 1. The van der Waals surface area contributed by atoms with Gasteiger partial charge in [-0.25, -0.2) is 4.98 Å². The van der Waals surface area contributed by atoms with Crippen molar-refractivity contribution in [3.63, 3.8) is 0 Å². The number of benzene rings is 3. The van der Waals surface area contributed by atoms with Crippen molar-refractivity contribution in [2.75, 3.05) is 18.5 Å². The van der Waals surface area contributed by atoms with E-state index in [4.69, 9.17) is 14.5 Å². The Morgan fingerprint density at radius 2 is 1.44 bits per heavy atom. The molecule has 0 spiro atoms. The fraction of sp³-hybridized carbons (Fsp3) is 0.207. The first-order valence-electron chi connectivity index (χ1n) is 11.9. The van der Waals surface area contributed by atoms with Gasteiger partial charge in [0.2, 0.25) is 5.91 Å². The Balaban J connectivity index is 1.45. The number of carbonyl (C=O) groups excluding carboxylic acids is 2. The molecular weight excluding hydrogens is 472 g/mol. The summed E-state index contributed by atoms with van der Waals surface area (Å²) in [6.45, 7) is 4.73. The van der Waals surface area contributed by atoms with Crippen molar-refractivity contribution >= 4 is 28.2 Å². The largest absolute Gasteiger partial charge is 0.490 e. The number of thiazole rings is 1. The fourth-order valence-electron chi connectivity index (χ4n) is 3.73. The van der Waals surface area contributed by atoms with Crippen LogP contribution in [0.2, 0.25) is 0 Å². The average molecular weight is 501 g/mol. The molecule has 7 heteroatoms. The summed E-state index contributed by atoms with van der Waals surface area (Å²) in [5.41, 5.74) is 3.31. The van der Waals surface area contributed by atoms with Gasteiger partial charge < -0.3 is 14.8 Å².